The number of rotatable bonds is 2. The summed E-state index contributed by atoms with van der Waals surface area (Å²) in [6, 6.07) is 3.51. The number of nitrogens with zero attached hydrogens (tertiary/aromatic N) is 3. The molecule has 0 amide bonds. The highest BCUT2D eigenvalue weighted by molar-refractivity contribution is 7.22. The number of alkyl halides is 3. The third kappa shape index (κ3) is 2.55. The van der Waals surface area contributed by atoms with Crippen LogP contribution < -0.4 is 5.32 Å². The summed E-state index contributed by atoms with van der Waals surface area (Å²) in [6.45, 7) is 0. The molecule has 0 atom stereocenters. The van der Waals surface area contributed by atoms with Crippen LogP contribution in [0.3, 0.4) is 0 Å². The van der Waals surface area contributed by atoms with Crippen molar-refractivity contribution < 1.29 is 13.2 Å². The van der Waals surface area contributed by atoms with Gasteiger partial charge in [0.1, 0.15) is 6.33 Å². The Kier molecular flexibility index (Phi) is 3.01. The Bertz CT molecular complexity index is 739. The molecule has 102 valence electrons. The minimum Gasteiger partial charge on any atom is -0.329 e. The van der Waals surface area contributed by atoms with Crippen molar-refractivity contribution in [2.24, 2.45) is 0 Å². The normalized spacial score (nSPS) is 11.8. The molecule has 0 saturated carbocycles. The molecule has 20 heavy (non-hydrogen) atoms. The molecular weight excluding hydrogens is 289 g/mol. The average molecular weight is 296 g/mol. The van der Waals surface area contributed by atoms with Crippen LogP contribution in [0.2, 0.25) is 0 Å². The number of halogens is 3. The minimum atomic E-state index is -4.36. The van der Waals surface area contributed by atoms with Crippen LogP contribution in [0, 0.1) is 0 Å². The Morgan fingerprint density at radius 3 is 2.55 bits per heavy atom. The smallest absolute Gasteiger partial charge is 0.329 e. The molecule has 0 aliphatic rings. The second-order valence-corrected chi connectivity index (χ2v) is 4.98. The number of hydrogen-bond acceptors (Lipinski definition) is 5. The van der Waals surface area contributed by atoms with Gasteiger partial charge in [-0.3, -0.25) is 0 Å². The number of nitrogens with one attached hydrogen (secondary N) is 1. The predicted molar refractivity (Wildman–Crippen MR) is 69.9 cm³/mol. The standard InChI is InChI=1S/C12H7F3N4S/c13-12(14,15)7-1-2-10-9(3-7)19-11(20-10)18-8-4-16-6-17-5-8/h1-6H,(H,18,19). The first kappa shape index (κ1) is 12.8. The van der Waals surface area contributed by atoms with Crippen LogP contribution in [0.4, 0.5) is 24.0 Å². The fraction of sp³-hybridized carbons (Fsp3) is 0.0833. The van der Waals surface area contributed by atoms with E-state index in [1.807, 2.05) is 0 Å². The molecule has 2 heterocycles. The Hall–Kier alpha value is -2.22. The van der Waals surface area contributed by atoms with Crippen LogP contribution in [-0.2, 0) is 6.18 Å². The molecule has 2 aromatic heterocycles. The van der Waals surface area contributed by atoms with Gasteiger partial charge in [-0.05, 0) is 18.2 Å². The summed E-state index contributed by atoms with van der Waals surface area (Å²) in [6.07, 6.45) is 0.137. The zero-order valence-corrected chi connectivity index (χ0v) is 10.7. The molecule has 1 aromatic carbocycles. The summed E-state index contributed by atoms with van der Waals surface area (Å²) in [4.78, 5) is 11.8. The summed E-state index contributed by atoms with van der Waals surface area (Å²) in [5.74, 6) is 0. The molecule has 1 N–H and O–H groups in total. The highest BCUT2D eigenvalue weighted by Gasteiger charge is 2.30. The van der Waals surface area contributed by atoms with E-state index in [0.717, 1.165) is 12.1 Å². The van der Waals surface area contributed by atoms with Gasteiger partial charge in [0.2, 0.25) is 0 Å². The van der Waals surface area contributed by atoms with E-state index in [2.05, 4.69) is 20.3 Å². The van der Waals surface area contributed by atoms with Crippen molar-refractivity contribution in [1.82, 2.24) is 15.0 Å². The fourth-order valence-corrected chi connectivity index (χ4v) is 2.51. The Balaban J connectivity index is 1.95. The average Bonchev–Trinajstić information content (AvgIpc) is 2.80. The van der Waals surface area contributed by atoms with Crippen molar-refractivity contribution in [3.05, 3.63) is 42.5 Å². The molecule has 3 aromatic rings. The summed E-state index contributed by atoms with van der Waals surface area (Å²) >= 11 is 1.27. The van der Waals surface area contributed by atoms with Gasteiger partial charge in [0.05, 0.1) is 33.9 Å². The van der Waals surface area contributed by atoms with Crippen molar-refractivity contribution >= 4 is 32.4 Å². The van der Waals surface area contributed by atoms with Crippen LogP contribution in [0.5, 0.6) is 0 Å². The summed E-state index contributed by atoms with van der Waals surface area (Å²) in [5, 5.41) is 3.45. The second kappa shape index (κ2) is 4.71. The minimum absolute atomic E-state index is 0.309. The molecule has 4 nitrogen and oxygen atoms in total. The van der Waals surface area contributed by atoms with Crippen LogP contribution in [0.15, 0.2) is 36.9 Å². The lowest BCUT2D eigenvalue weighted by Gasteiger charge is -2.04. The lowest BCUT2D eigenvalue weighted by atomic mass is 10.2. The molecule has 0 aliphatic carbocycles. The summed E-state index contributed by atoms with van der Waals surface area (Å²) < 4.78 is 38.5. The Labute approximate surface area is 115 Å². The Morgan fingerprint density at radius 2 is 1.85 bits per heavy atom. The van der Waals surface area contributed by atoms with E-state index in [4.69, 9.17) is 0 Å². The fourth-order valence-electron chi connectivity index (χ4n) is 1.64. The number of aromatic nitrogens is 3. The van der Waals surface area contributed by atoms with Crippen LogP contribution in [-0.4, -0.2) is 15.0 Å². The molecule has 0 unspecified atom stereocenters. The number of hydrogen-bond donors (Lipinski definition) is 1. The largest absolute Gasteiger partial charge is 0.416 e. The van der Waals surface area contributed by atoms with Gasteiger partial charge in [0.15, 0.2) is 5.13 Å². The van der Waals surface area contributed by atoms with E-state index in [1.54, 1.807) is 12.4 Å². The molecule has 0 aliphatic heterocycles. The number of thiazole rings is 1. The summed E-state index contributed by atoms with van der Waals surface area (Å²) in [7, 11) is 0. The number of benzene rings is 1. The summed E-state index contributed by atoms with van der Waals surface area (Å²) in [5.41, 5.74) is 0.233. The molecule has 0 spiro atoms. The number of fused-ring (bicyclic) bond motifs is 1. The van der Waals surface area contributed by atoms with Crippen LogP contribution >= 0.6 is 11.3 Å². The van der Waals surface area contributed by atoms with Gasteiger partial charge in [-0.2, -0.15) is 13.2 Å². The van der Waals surface area contributed by atoms with Crippen molar-refractivity contribution in [2.75, 3.05) is 5.32 Å². The SMILES string of the molecule is FC(F)(F)c1ccc2sc(Nc3cncnc3)nc2c1. The van der Waals surface area contributed by atoms with Crippen molar-refractivity contribution in [3.8, 4) is 0 Å². The van der Waals surface area contributed by atoms with Crippen molar-refractivity contribution in [2.45, 2.75) is 6.18 Å². The highest BCUT2D eigenvalue weighted by atomic mass is 32.1. The predicted octanol–water partition coefficient (Wildman–Crippen LogP) is 3.85. The monoisotopic (exact) mass is 296 g/mol. The third-order valence-electron chi connectivity index (χ3n) is 2.53. The van der Waals surface area contributed by atoms with Gasteiger partial charge in [0, 0.05) is 0 Å². The first-order valence-corrected chi connectivity index (χ1v) is 6.34. The molecule has 0 fully saturated rings. The van der Waals surface area contributed by atoms with E-state index in [0.29, 0.717) is 21.0 Å². The van der Waals surface area contributed by atoms with Gasteiger partial charge in [-0.25, -0.2) is 15.0 Å². The van der Waals surface area contributed by atoms with E-state index in [9.17, 15) is 13.2 Å². The van der Waals surface area contributed by atoms with E-state index in [-0.39, 0.29) is 0 Å². The molecule has 0 saturated heterocycles. The zero-order chi connectivity index (χ0) is 14.2. The Morgan fingerprint density at radius 1 is 1.10 bits per heavy atom. The van der Waals surface area contributed by atoms with E-state index in [1.165, 1.54) is 23.7 Å². The van der Waals surface area contributed by atoms with Crippen LogP contribution in [0.1, 0.15) is 5.56 Å². The maximum absolute atomic E-state index is 12.6. The second-order valence-electron chi connectivity index (χ2n) is 3.95. The first-order chi connectivity index (χ1) is 9.52. The lowest BCUT2D eigenvalue weighted by Crippen LogP contribution is -2.03. The quantitative estimate of drug-likeness (QED) is 0.780. The van der Waals surface area contributed by atoms with Crippen molar-refractivity contribution in [3.63, 3.8) is 0 Å². The van der Waals surface area contributed by atoms with Gasteiger partial charge >= 0.3 is 6.18 Å². The molecule has 0 radical (unpaired) electrons. The topological polar surface area (TPSA) is 50.7 Å². The zero-order valence-electron chi connectivity index (χ0n) is 9.85. The van der Waals surface area contributed by atoms with Gasteiger partial charge < -0.3 is 5.32 Å². The lowest BCUT2D eigenvalue weighted by molar-refractivity contribution is -0.137. The molecule has 0 bridgehead atoms. The maximum Gasteiger partial charge on any atom is 0.416 e. The third-order valence-corrected chi connectivity index (χ3v) is 3.48. The number of anilines is 2. The maximum atomic E-state index is 12.6. The molecule has 8 heteroatoms. The molecule has 3 rings (SSSR count). The van der Waals surface area contributed by atoms with E-state index < -0.39 is 11.7 Å². The first-order valence-electron chi connectivity index (χ1n) is 5.52. The van der Waals surface area contributed by atoms with Gasteiger partial charge in [-0.1, -0.05) is 11.3 Å². The van der Waals surface area contributed by atoms with E-state index >= 15 is 0 Å². The van der Waals surface area contributed by atoms with Gasteiger partial charge in [-0.15, -0.1) is 0 Å². The van der Waals surface area contributed by atoms with Crippen LogP contribution in [0.25, 0.3) is 10.2 Å². The highest BCUT2D eigenvalue weighted by Crippen LogP contribution is 2.34. The van der Waals surface area contributed by atoms with Crippen molar-refractivity contribution in [1.29, 1.82) is 0 Å². The van der Waals surface area contributed by atoms with Gasteiger partial charge in [0.25, 0.3) is 0 Å². The molecular formula is C12H7F3N4S.